The van der Waals surface area contributed by atoms with Crippen LogP contribution in [0.1, 0.15) is 0 Å². The highest BCUT2D eigenvalue weighted by molar-refractivity contribution is 8.01. The van der Waals surface area contributed by atoms with Gasteiger partial charge in [-0.15, -0.1) is 10.2 Å². The van der Waals surface area contributed by atoms with Crippen LogP contribution >= 0.6 is 34.7 Å². The fourth-order valence-electron chi connectivity index (χ4n) is 1.99. The Morgan fingerprint density at radius 3 is 2.52 bits per heavy atom. The van der Waals surface area contributed by atoms with Gasteiger partial charge in [0.15, 0.2) is 4.34 Å². The number of nitrogens with zero attached hydrogens (tertiary/aromatic N) is 2. The number of benzene rings is 2. The molecule has 7 nitrogen and oxygen atoms in total. The normalized spacial score (nSPS) is 10.3. The molecule has 0 radical (unpaired) electrons. The number of thioether (sulfide) groups is 1. The molecular weight excluding hydrogens is 406 g/mol. The van der Waals surface area contributed by atoms with Crippen LogP contribution in [0.5, 0.6) is 0 Å². The van der Waals surface area contributed by atoms with Crippen molar-refractivity contribution in [3.63, 3.8) is 0 Å². The molecule has 10 heteroatoms. The molecule has 27 heavy (non-hydrogen) atoms. The predicted molar refractivity (Wildman–Crippen MR) is 110 cm³/mol. The third-order valence-corrected chi connectivity index (χ3v) is 5.30. The van der Waals surface area contributed by atoms with Crippen LogP contribution in [0, 0.1) is 0 Å². The van der Waals surface area contributed by atoms with E-state index in [0.29, 0.717) is 25.9 Å². The van der Waals surface area contributed by atoms with E-state index in [4.69, 9.17) is 11.6 Å². The number of urea groups is 1. The molecule has 0 saturated heterocycles. The van der Waals surface area contributed by atoms with E-state index >= 15 is 0 Å². The summed E-state index contributed by atoms with van der Waals surface area (Å²) in [5, 5.41) is 16.8. The van der Waals surface area contributed by atoms with E-state index in [1.54, 1.807) is 36.4 Å². The number of hydrogen-bond acceptors (Lipinski definition) is 6. The monoisotopic (exact) mass is 419 g/mol. The fraction of sp³-hybridized carbons (Fsp3) is 0.0588. The lowest BCUT2D eigenvalue weighted by molar-refractivity contribution is -0.113. The summed E-state index contributed by atoms with van der Waals surface area (Å²) in [7, 11) is 0. The van der Waals surface area contributed by atoms with E-state index in [9.17, 15) is 9.59 Å². The van der Waals surface area contributed by atoms with Crippen LogP contribution in [0.3, 0.4) is 0 Å². The van der Waals surface area contributed by atoms with Gasteiger partial charge < -0.3 is 10.6 Å². The second kappa shape index (κ2) is 9.36. The van der Waals surface area contributed by atoms with Crippen LogP contribution in [0.2, 0.25) is 5.02 Å². The number of anilines is 3. The van der Waals surface area contributed by atoms with Gasteiger partial charge in [-0.1, -0.05) is 59.0 Å². The molecule has 0 aliphatic heterocycles. The Labute approximate surface area is 168 Å². The van der Waals surface area contributed by atoms with Gasteiger partial charge in [0.05, 0.1) is 5.75 Å². The SMILES string of the molecule is O=C(CSc1nnc(NC(=O)Nc2ccccc2)s1)Nc1cccc(Cl)c1. The average molecular weight is 420 g/mol. The third-order valence-electron chi connectivity index (χ3n) is 3.09. The first-order valence-corrected chi connectivity index (χ1v) is 9.91. The van der Waals surface area contributed by atoms with Gasteiger partial charge in [-0.2, -0.15) is 0 Å². The molecule has 3 rings (SSSR count). The molecule has 1 aromatic heterocycles. The van der Waals surface area contributed by atoms with Crippen molar-refractivity contribution in [2.45, 2.75) is 4.34 Å². The lowest BCUT2D eigenvalue weighted by atomic mass is 10.3. The minimum absolute atomic E-state index is 0.164. The smallest absolute Gasteiger partial charge is 0.325 e. The quantitative estimate of drug-likeness (QED) is 0.402. The lowest BCUT2D eigenvalue weighted by Crippen LogP contribution is -2.19. The Balaban J connectivity index is 1.46. The summed E-state index contributed by atoms with van der Waals surface area (Å²) in [6.07, 6.45) is 0. The molecule has 0 saturated carbocycles. The maximum atomic E-state index is 12.0. The van der Waals surface area contributed by atoms with Crippen molar-refractivity contribution in [2.24, 2.45) is 0 Å². The maximum Gasteiger partial charge on any atom is 0.325 e. The van der Waals surface area contributed by atoms with Gasteiger partial charge in [0, 0.05) is 16.4 Å². The molecule has 0 spiro atoms. The number of aromatic nitrogens is 2. The van der Waals surface area contributed by atoms with Gasteiger partial charge in [-0.3, -0.25) is 10.1 Å². The summed E-state index contributed by atoms with van der Waals surface area (Å²) in [5.74, 6) is -0.0223. The van der Waals surface area contributed by atoms with Crippen molar-refractivity contribution in [3.05, 3.63) is 59.6 Å². The largest absolute Gasteiger partial charge is 0.325 e. The summed E-state index contributed by atoms with van der Waals surface area (Å²) in [5.41, 5.74) is 1.30. The Kier molecular flexibility index (Phi) is 6.64. The molecule has 0 aliphatic carbocycles. The minimum atomic E-state index is -0.410. The second-order valence-electron chi connectivity index (χ2n) is 5.17. The van der Waals surface area contributed by atoms with Crippen LogP contribution in [0.15, 0.2) is 58.9 Å². The Hall–Kier alpha value is -2.62. The molecule has 0 atom stereocenters. The lowest BCUT2D eigenvalue weighted by Gasteiger charge is -2.04. The van der Waals surface area contributed by atoms with Crippen LogP contribution in [-0.2, 0) is 4.79 Å². The van der Waals surface area contributed by atoms with Gasteiger partial charge in [0.25, 0.3) is 0 Å². The number of hydrogen-bond donors (Lipinski definition) is 3. The summed E-state index contributed by atoms with van der Waals surface area (Å²) < 4.78 is 0.575. The molecule has 0 bridgehead atoms. The molecule has 2 aromatic carbocycles. The maximum absolute atomic E-state index is 12.0. The number of carbonyl (C=O) groups is 2. The molecule has 3 N–H and O–H groups in total. The first-order valence-electron chi connectivity index (χ1n) is 7.73. The van der Waals surface area contributed by atoms with E-state index < -0.39 is 6.03 Å². The standard InChI is InChI=1S/C17H14ClN5O2S2/c18-11-5-4-8-13(9-11)19-14(24)10-26-17-23-22-16(27-17)21-15(25)20-12-6-2-1-3-7-12/h1-9H,10H2,(H,19,24)(H2,20,21,22,25). The molecule has 138 valence electrons. The van der Waals surface area contributed by atoms with Crippen molar-refractivity contribution in [1.29, 1.82) is 0 Å². The van der Waals surface area contributed by atoms with E-state index in [0.717, 1.165) is 0 Å². The molecular formula is C17H14ClN5O2S2. The van der Waals surface area contributed by atoms with E-state index in [2.05, 4.69) is 26.1 Å². The zero-order valence-electron chi connectivity index (χ0n) is 13.8. The zero-order chi connectivity index (χ0) is 19.1. The van der Waals surface area contributed by atoms with Crippen molar-refractivity contribution in [3.8, 4) is 0 Å². The summed E-state index contributed by atoms with van der Waals surface area (Å²) >= 11 is 8.31. The van der Waals surface area contributed by atoms with E-state index in [-0.39, 0.29) is 11.7 Å². The Bertz CT molecular complexity index is 936. The predicted octanol–water partition coefficient (Wildman–Crippen LogP) is 4.57. The highest BCUT2D eigenvalue weighted by atomic mass is 35.5. The van der Waals surface area contributed by atoms with Gasteiger partial charge in [0.2, 0.25) is 11.0 Å². The first kappa shape index (κ1) is 19.2. The molecule has 0 fully saturated rings. The zero-order valence-corrected chi connectivity index (χ0v) is 16.2. The van der Waals surface area contributed by atoms with Crippen molar-refractivity contribution in [1.82, 2.24) is 10.2 Å². The summed E-state index contributed by atoms with van der Waals surface area (Å²) in [6.45, 7) is 0. The van der Waals surface area contributed by atoms with E-state index in [1.807, 2.05) is 18.2 Å². The average Bonchev–Trinajstić information content (AvgIpc) is 3.08. The number of nitrogens with one attached hydrogen (secondary N) is 3. The highest BCUT2D eigenvalue weighted by Gasteiger charge is 2.11. The number of carbonyl (C=O) groups excluding carboxylic acids is 2. The molecule has 1 heterocycles. The fourth-order valence-corrected chi connectivity index (χ4v) is 3.73. The first-order chi connectivity index (χ1) is 13.1. The summed E-state index contributed by atoms with van der Waals surface area (Å²) in [4.78, 5) is 23.9. The number of para-hydroxylation sites is 1. The third kappa shape index (κ3) is 6.24. The number of amides is 3. The van der Waals surface area contributed by atoms with Crippen LogP contribution in [-0.4, -0.2) is 27.9 Å². The van der Waals surface area contributed by atoms with Gasteiger partial charge in [-0.25, -0.2) is 4.79 Å². The topological polar surface area (TPSA) is 96.0 Å². The molecule has 3 aromatic rings. The molecule has 0 aliphatic rings. The van der Waals surface area contributed by atoms with Crippen molar-refractivity contribution in [2.75, 3.05) is 21.7 Å². The van der Waals surface area contributed by atoms with Crippen molar-refractivity contribution < 1.29 is 9.59 Å². The van der Waals surface area contributed by atoms with Crippen LogP contribution in [0.25, 0.3) is 0 Å². The number of halogens is 1. The Morgan fingerprint density at radius 1 is 0.963 bits per heavy atom. The molecule has 3 amide bonds. The number of rotatable bonds is 6. The van der Waals surface area contributed by atoms with Crippen molar-refractivity contribution >= 4 is 63.1 Å². The van der Waals surface area contributed by atoms with Gasteiger partial charge >= 0.3 is 6.03 Å². The van der Waals surface area contributed by atoms with Crippen LogP contribution < -0.4 is 16.0 Å². The second-order valence-corrected chi connectivity index (χ2v) is 7.80. The highest BCUT2D eigenvalue weighted by Crippen LogP contribution is 2.26. The van der Waals surface area contributed by atoms with Gasteiger partial charge in [-0.05, 0) is 30.3 Å². The molecule has 0 unspecified atom stereocenters. The summed E-state index contributed by atoms with van der Waals surface area (Å²) in [6, 6.07) is 15.6. The minimum Gasteiger partial charge on any atom is -0.325 e. The van der Waals surface area contributed by atoms with Crippen LogP contribution in [0.4, 0.5) is 21.3 Å². The van der Waals surface area contributed by atoms with Gasteiger partial charge in [0.1, 0.15) is 0 Å². The Morgan fingerprint density at radius 2 is 1.74 bits per heavy atom. The van der Waals surface area contributed by atoms with E-state index in [1.165, 1.54) is 23.1 Å².